The van der Waals surface area contributed by atoms with E-state index in [4.69, 9.17) is 16.3 Å². The maximum atomic E-state index is 11.1. The van der Waals surface area contributed by atoms with E-state index in [1.54, 1.807) is 0 Å². The Balaban J connectivity index is 1.74. The van der Waals surface area contributed by atoms with E-state index in [1.807, 2.05) is 30.3 Å². The maximum Gasteiger partial charge on any atom is 0.312 e. The van der Waals surface area contributed by atoms with Crippen molar-refractivity contribution < 1.29 is 9.66 Å². The van der Waals surface area contributed by atoms with Crippen LogP contribution in [-0.4, -0.2) is 22.6 Å². The van der Waals surface area contributed by atoms with Crippen LogP contribution < -0.4 is 5.32 Å². The fourth-order valence-corrected chi connectivity index (χ4v) is 2.85. The Bertz CT molecular complexity index is 696. The van der Waals surface area contributed by atoms with Crippen molar-refractivity contribution in [2.24, 2.45) is 0 Å². The van der Waals surface area contributed by atoms with Gasteiger partial charge >= 0.3 is 5.69 Å². The molecule has 23 heavy (non-hydrogen) atoms. The van der Waals surface area contributed by atoms with Crippen LogP contribution >= 0.6 is 11.6 Å². The Morgan fingerprint density at radius 1 is 1.35 bits per heavy atom. The molecule has 0 spiro atoms. The van der Waals surface area contributed by atoms with E-state index in [0.717, 1.165) is 18.4 Å². The highest BCUT2D eigenvalue weighted by molar-refractivity contribution is 6.30. The van der Waals surface area contributed by atoms with Crippen LogP contribution in [0.15, 0.2) is 42.6 Å². The first-order chi connectivity index (χ1) is 11.1. The molecule has 0 radical (unpaired) electrons. The first kappa shape index (κ1) is 15.7. The van der Waals surface area contributed by atoms with Crippen LogP contribution in [0.25, 0.3) is 0 Å². The summed E-state index contributed by atoms with van der Waals surface area (Å²) in [4.78, 5) is 14.7. The number of anilines is 1. The number of aromatic nitrogens is 1. The number of pyridine rings is 1. The molecule has 2 atom stereocenters. The minimum atomic E-state index is -0.477. The van der Waals surface area contributed by atoms with Crippen LogP contribution in [0.4, 0.5) is 11.5 Å². The number of benzene rings is 1. The Morgan fingerprint density at radius 2 is 2.13 bits per heavy atom. The Hall–Kier alpha value is -2.18. The van der Waals surface area contributed by atoms with Crippen LogP contribution in [0.2, 0.25) is 5.02 Å². The molecular formula is C16H16ClN3O3. The molecule has 6 nitrogen and oxygen atoms in total. The second kappa shape index (κ2) is 6.93. The summed E-state index contributed by atoms with van der Waals surface area (Å²) in [5.41, 5.74) is 0.998. The lowest BCUT2D eigenvalue weighted by atomic mass is 9.97. The van der Waals surface area contributed by atoms with Crippen molar-refractivity contribution in [3.05, 3.63) is 63.3 Å². The number of nitrogens with one attached hydrogen (secondary N) is 1. The van der Waals surface area contributed by atoms with Gasteiger partial charge in [-0.2, -0.15) is 0 Å². The zero-order chi connectivity index (χ0) is 16.2. The molecule has 2 aromatic rings. The van der Waals surface area contributed by atoms with E-state index < -0.39 is 4.92 Å². The topological polar surface area (TPSA) is 77.3 Å². The minimum absolute atomic E-state index is 0.0196. The number of halogens is 1. The van der Waals surface area contributed by atoms with Crippen molar-refractivity contribution in [1.29, 1.82) is 0 Å². The van der Waals surface area contributed by atoms with E-state index in [0.29, 0.717) is 6.61 Å². The Labute approximate surface area is 138 Å². The molecular weight excluding hydrogens is 318 g/mol. The lowest BCUT2D eigenvalue weighted by Gasteiger charge is -2.30. The molecule has 0 saturated carbocycles. The number of rotatable bonds is 4. The third-order valence-corrected chi connectivity index (χ3v) is 4.03. The predicted octanol–water partition coefficient (Wildman–Crippen LogP) is 3.98. The lowest BCUT2D eigenvalue weighted by Crippen LogP contribution is -2.30. The highest BCUT2D eigenvalue weighted by Crippen LogP contribution is 2.32. The van der Waals surface area contributed by atoms with E-state index in [1.165, 1.54) is 12.3 Å². The van der Waals surface area contributed by atoms with Gasteiger partial charge in [0.2, 0.25) is 5.82 Å². The zero-order valence-corrected chi connectivity index (χ0v) is 13.1. The largest absolute Gasteiger partial charge is 0.373 e. The molecule has 0 bridgehead atoms. The van der Waals surface area contributed by atoms with Gasteiger partial charge in [0.15, 0.2) is 0 Å². The van der Waals surface area contributed by atoms with Gasteiger partial charge in [-0.1, -0.05) is 41.9 Å². The highest BCUT2D eigenvalue weighted by Gasteiger charge is 2.26. The van der Waals surface area contributed by atoms with Crippen LogP contribution in [0.3, 0.4) is 0 Å². The molecule has 1 aliphatic rings. The van der Waals surface area contributed by atoms with E-state index in [-0.39, 0.29) is 28.7 Å². The van der Waals surface area contributed by atoms with E-state index in [9.17, 15) is 10.1 Å². The molecule has 3 rings (SSSR count). The predicted molar refractivity (Wildman–Crippen MR) is 87.7 cm³/mol. The summed E-state index contributed by atoms with van der Waals surface area (Å²) < 4.78 is 5.81. The summed E-state index contributed by atoms with van der Waals surface area (Å²) in [6.45, 7) is 0.596. The van der Waals surface area contributed by atoms with Crippen molar-refractivity contribution in [3.8, 4) is 0 Å². The SMILES string of the molecule is O=[N+]([O-])c1cc(Cl)cnc1NC1CCOC(c2ccccc2)C1. The van der Waals surface area contributed by atoms with Gasteiger partial charge in [-0.05, 0) is 18.4 Å². The molecule has 2 unspecified atom stereocenters. The van der Waals surface area contributed by atoms with Gasteiger partial charge < -0.3 is 10.1 Å². The van der Waals surface area contributed by atoms with E-state index in [2.05, 4.69) is 10.3 Å². The third-order valence-electron chi connectivity index (χ3n) is 3.83. The summed E-state index contributed by atoms with van der Waals surface area (Å²) in [6, 6.07) is 11.3. The van der Waals surface area contributed by atoms with Crippen molar-refractivity contribution in [2.45, 2.75) is 25.0 Å². The average Bonchev–Trinajstić information content (AvgIpc) is 2.57. The quantitative estimate of drug-likeness (QED) is 0.676. The number of nitro groups is 1. The van der Waals surface area contributed by atoms with Gasteiger partial charge in [0, 0.05) is 24.9 Å². The van der Waals surface area contributed by atoms with Gasteiger partial charge in [0.25, 0.3) is 0 Å². The van der Waals surface area contributed by atoms with Crippen LogP contribution in [0.1, 0.15) is 24.5 Å². The van der Waals surface area contributed by atoms with Crippen molar-refractivity contribution in [2.75, 3.05) is 11.9 Å². The van der Waals surface area contributed by atoms with Crippen molar-refractivity contribution in [1.82, 2.24) is 4.98 Å². The Morgan fingerprint density at radius 3 is 2.87 bits per heavy atom. The summed E-state index contributed by atoms with van der Waals surface area (Å²) in [7, 11) is 0. The summed E-state index contributed by atoms with van der Waals surface area (Å²) in [5.74, 6) is 0.248. The lowest BCUT2D eigenvalue weighted by molar-refractivity contribution is -0.384. The average molecular weight is 334 g/mol. The van der Waals surface area contributed by atoms with Crippen LogP contribution in [0, 0.1) is 10.1 Å². The fraction of sp³-hybridized carbons (Fsp3) is 0.312. The van der Waals surface area contributed by atoms with Crippen molar-refractivity contribution in [3.63, 3.8) is 0 Å². The highest BCUT2D eigenvalue weighted by atomic mass is 35.5. The molecule has 1 aromatic heterocycles. The monoisotopic (exact) mass is 333 g/mol. The summed E-state index contributed by atoms with van der Waals surface area (Å²) >= 11 is 5.79. The van der Waals surface area contributed by atoms with Gasteiger partial charge in [-0.3, -0.25) is 10.1 Å². The molecule has 120 valence electrons. The van der Waals surface area contributed by atoms with E-state index >= 15 is 0 Å². The summed E-state index contributed by atoms with van der Waals surface area (Å²) in [6.07, 6.45) is 2.88. The molecule has 0 amide bonds. The molecule has 2 heterocycles. The van der Waals surface area contributed by atoms with Gasteiger partial charge in [-0.25, -0.2) is 4.98 Å². The van der Waals surface area contributed by atoms with Gasteiger partial charge in [0.05, 0.1) is 16.0 Å². The first-order valence-electron chi connectivity index (χ1n) is 7.36. The van der Waals surface area contributed by atoms with Gasteiger partial charge in [-0.15, -0.1) is 0 Å². The molecule has 1 saturated heterocycles. The number of hydrogen-bond acceptors (Lipinski definition) is 5. The molecule has 0 aliphatic carbocycles. The first-order valence-corrected chi connectivity index (χ1v) is 7.74. The molecule has 1 N–H and O–H groups in total. The second-order valence-electron chi connectivity index (χ2n) is 5.41. The van der Waals surface area contributed by atoms with Gasteiger partial charge in [0.1, 0.15) is 0 Å². The molecule has 1 fully saturated rings. The Kier molecular flexibility index (Phi) is 4.73. The normalized spacial score (nSPS) is 20.9. The zero-order valence-electron chi connectivity index (χ0n) is 12.3. The van der Waals surface area contributed by atoms with Crippen LogP contribution in [-0.2, 0) is 4.74 Å². The number of ether oxygens (including phenoxy) is 1. The molecule has 7 heteroatoms. The standard InChI is InChI=1S/C16H16ClN3O3/c17-12-8-14(20(21)22)16(18-10-12)19-13-6-7-23-15(9-13)11-4-2-1-3-5-11/h1-5,8,10,13,15H,6-7,9H2,(H,18,19). The minimum Gasteiger partial charge on any atom is -0.373 e. The maximum absolute atomic E-state index is 11.1. The summed E-state index contributed by atoms with van der Waals surface area (Å²) in [5, 5.41) is 14.6. The molecule has 1 aliphatic heterocycles. The van der Waals surface area contributed by atoms with Crippen LogP contribution in [0.5, 0.6) is 0 Å². The van der Waals surface area contributed by atoms with Crippen molar-refractivity contribution >= 4 is 23.1 Å². The number of hydrogen-bond donors (Lipinski definition) is 1. The third kappa shape index (κ3) is 3.78. The smallest absolute Gasteiger partial charge is 0.312 e. The number of nitrogens with zero attached hydrogens (tertiary/aromatic N) is 2. The fourth-order valence-electron chi connectivity index (χ4n) is 2.70. The second-order valence-corrected chi connectivity index (χ2v) is 5.85. The molecule has 1 aromatic carbocycles.